The minimum absolute atomic E-state index is 0.484. The number of rotatable bonds is 4. The number of piperazine rings is 1. The zero-order chi connectivity index (χ0) is 18.8. The van der Waals surface area contributed by atoms with Crippen LogP contribution >= 0.6 is 27.5 Å². The van der Waals surface area contributed by atoms with Crippen molar-refractivity contribution in [1.29, 1.82) is 0 Å². The highest BCUT2D eigenvalue weighted by molar-refractivity contribution is 9.10. The Hall–Kier alpha value is -1.67. The minimum Gasteiger partial charge on any atom is -0.353 e. The zero-order valence-corrected chi connectivity index (χ0v) is 18.1. The number of aliphatic imine (C=N–C) groups is 1. The van der Waals surface area contributed by atoms with Crippen molar-refractivity contribution in [1.82, 2.24) is 19.6 Å². The van der Waals surface area contributed by atoms with Crippen LogP contribution in [0.3, 0.4) is 0 Å². The molecular weight excluding hydrogens is 424 g/mol. The highest BCUT2D eigenvalue weighted by atomic mass is 79.9. The molecule has 0 spiro atoms. The van der Waals surface area contributed by atoms with Gasteiger partial charge in [0, 0.05) is 67.6 Å². The third-order valence-corrected chi connectivity index (χ3v) is 6.58. The van der Waals surface area contributed by atoms with E-state index in [1.54, 1.807) is 0 Å². The van der Waals surface area contributed by atoms with E-state index in [2.05, 4.69) is 76.6 Å². The first-order chi connectivity index (χ1) is 13.2. The van der Waals surface area contributed by atoms with Gasteiger partial charge in [-0.05, 0) is 24.1 Å². The molecule has 2 aromatic rings. The second-order valence-electron chi connectivity index (χ2n) is 7.01. The molecule has 2 aliphatic rings. The monoisotopic (exact) mass is 448 g/mol. The maximum Gasteiger partial charge on any atom is 0.205 e. The van der Waals surface area contributed by atoms with E-state index in [-0.39, 0.29) is 0 Å². The standard InChI is InChI=1S/C19H25BrN6S/c1-3-17-23-19(27-24-17)26-10-8-25(9-11-26)18(21-2)22-16-12-15(16)13-4-6-14(20)7-5-13/h4-7,15-16H,3,8-12H2,1-2H3,(H,21,22). The molecular formula is C19H25BrN6S. The SMILES string of the molecule is CCc1nsc(N2CCN(C(=NC)NC3CC3c3ccc(Br)cc3)CC2)n1. The van der Waals surface area contributed by atoms with Crippen molar-refractivity contribution in [3.8, 4) is 0 Å². The summed E-state index contributed by atoms with van der Waals surface area (Å²) in [6, 6.07) is 9.15. The third kappa shape index (κ3) is 4.27. The average Bonchev–Trinajstić information content (AvgIpc) is 3.30. The molecule has 0 amide bonds. The molecule has 1 saturated heterocycles. The summed E-state index contributed by atoms with van der Waals surface area (Å²) >= 11 is 5.02. The summed E-state index contributed by atoms with van der Waals surface area (Å²) in [6.45, 7) is 5.92. The minimum atomic E-state index is 0.484. The van der Waals surface area contributed by atoms with Crippen molar-refractivity contribution in [2.24, 2.45) is 4.99 Å². The number of guanidine groups is 1. The Kier molecular flexibility index (Phi) is 5.63. The molecule has 2 fully saturated rings. The lowest BCUT2D eigenvalue weighted by atomic mass is 10.1. The number of hydrogen-bond acceptors (Lipinski definition) is 5. The van der Waals surface area contributed by atoms with Crippen molar-refractivity contribution >= 4 is 38.6 Å². The fraction of sp³-hybridized carbons (Fsp3) is 0.526. The largest absolute Gasteiger partial charge is 0.353 e. The van der Waals surface area contributed by atoms with Crippen LogP contribution in [0, 0.1) is 0 Å². The Balaban J connectivity index is 1.30. The zero-order valence-electron chi connectivity index (χ0n) is 15.7. The maximum absolute atomic E-state index is 4.62. The van der Waals surface area contributed by atoms with Crippen molar-refractivity contribution in [2.45, 2.75) is 31.7 Å². The maximum atomic E-state index is 4.62. The van der Waals surface area contributed by atoms with Gasteiger partial charge in [-0.1, -0.05) is 35.0 Å². The van der Waals surface area contributed by atoms with Gasteiger partial charge in [0.1, 0.15) is 5.82 Å². The van der Waals surface area contributed by atoms with Crippen LogP contribution in [0.1, 0.15) is 30.7 Å². The van der Waals surface area contributed by atoms with Crippen LogP contribution in [0.15, 0.2) is 33.7 Å². The van der Waals surface area contributed by atoms with E-state index < -0.39 is 0 Å². The summed E-state index contributed by atoms with van der Waals surface area (Å²) < 4.78 is 5.54. The van der Waals surface area contributed by atoms with Crippen LogP contribution in [-0.4, -0.2) is 59.5 Å². The van der Waals surface area contributed by atoms with Crippen molar-refractivity contribution in [2.75, 3.05) is 38.1 Å². The van der Waals surface area contributed by atoms with Crippen molar-refractivity contribution in [3.63, 3.8) is 0 Å². The van der Waals surface area contributed by atoms with Crippen LogP contribution in [-0.2, 0) is 6.42 Å². The molecule has 1 N–H and O–H groups in total. The first kappa shape index (κ1) is 18.7. The van der Waals surface area contributed by atoms with Gasteiger partial charge in [-0.25, -0.2) is 4.98 Å². The van der Waals surface area contributed by atoms with Crippen LogP contribution in [0.2, 0.25) is 0 Å². The van der Waals surface area contributed by atoms with Crippen LogP contribution < -0.4 is 10.2 Å². The lowest BCUT2D eigenvalue weighted by Gasteiger charge is -2.36. The molecule has 1 aromatic heterocycles. The second kappa shape index (κ2) is 8.14. The molecule has 2 heterocycles. The normalized spacial score (nSPS) is 22.9. The van der Waals surface area contributed by atoms with Gasteiger partial charge >= 0.3 is 0 Å². The molecule has 0 radical (unpaired) electrons. The van der Waals surface area contributed by atoms with Crippen molar-refractivity contribution in [3.05, 3.63) is 40.1 Å². The van der Waals surface area contributed by atoms with E-state index in [1.165, 1.54) is 23.5 Å². The van der Waals surface area contributed by atoms with Crippen LogP contribution in [0.4, 0.5) is 5.13 Å². The second-order valence-corrected chi connectivity index (χ2v) is 8.66. The summed E-state index contributed by atoms with van der Waals surface area (Å²) in [4.78, 5) is 13.8. The topological polar surface area (TPSA) is 56.7 Å². The number of hydrogen-bond donors (Lipinski definition) is 1. The smallest absolute Gasteiger partial charge is 0.205 e. The van der Waals surface area contributed by atoms with E-state index in [0.717, 1.165) is 54.0 Å². The number of nitrogens with one attached hydrogen (secondary N) is 1. The Morgan fingerprint density at radius 1 is 1.26 bits per heavy atom. The Morgan fingerprint density at radius 2 is 2.00 bits per heavy atom. The number of aromatic nitrogens is 2. The molecule has 1 aromatic carbocycles. The van der Waals surface area contributed by atoms with Gasteiger partial charge in [-0.15, -0.1) is 0 Å². The van der Waals surface area contributed by atoms with Gasteiger partial charge in [-0.2, -0.15) is 4.37 Å². The molecule has 27 heavy (non-hydrogen) atoms. The van der Waals surface area contributed by atoms with Gasteiger partial charge in [0.05, 0.1) is 0 Å². The summed E-state index contributed by atoms with van der Waals surface area (Å²) in [6.07, 6.45) is 2.07. The Morgan fingerprint density at radius 3 is 2.63 bits per heavy atom. The molecule has 1 saturated carbocycles. The molecule has 1 aliphatic heterocycles. The summed E-state index contributed by atoms with van der Waals surface area (Å²) in [5.74, 6) is 2.55. The predicted molar refractivity (Wildman–Crippen MR) is 115 cm³/mol. The van der Waals surface area contributed by atoms with E-state index in [0.29, 0.717) is 12.0 Å². The summed E-state index contributed by atoms with van der Waals surface area (Å²) in [5.41, 5.74) is 1.40. The van der Waals surface area contributed by atoms with E-state index in [9.17, 15) is 0 Å². The lowest BCUT2D eigenvalue weighted by Crippen LogP contribution is -2.53. The highest BCUT2D eigenvalue weighted by Crippen LogP contribution is 2.41. The summed E-state index contributed by atoms with van der Waals surface area (Å²) in [5, 5.41) is 4.71. The third-order valence-electron chi connectivity index (χ3n) is 5.24. The average molecular weight is 449 g/mol. The molecule has 144 valence electrons. The number of halogens is 1. The Labute approximate surface area is 173 Å². The van der Waals surface area contributed by atoms with E-state index in [4.69, 9.17) is 0 Å². The van der Waals surface area contributed by atoms with Gasteiger partial charge in [-0.3, -0.25) is 4.99 Å². The van der Waals surface area contributed by atoms with Gasteiger partial charge in [0.25, 0.3) is 0 Å². The van der Waals surface area contributed by atoms with Gasteiger partial charge in [0.2, 0.25) is 5.13 Å². The molecule has 8 heteroatoms. The van der Waals surface area contributed by atoms with Crippen molar-refractivity contribution < 1.29 is 0 Å². The number of aryl methyl sites for hydroxylation is 1. The van der Waals surface area contributed by atoms with E-state index in [1.807, 2.05) is 7.05 Å². The molecule has 2 atom stereocenters. The molecule has 0 bridgehead atoms. The number of anilines is 1. The molecule has 6 nitrogen and oxygen atoms in total. The van der Waals surface area contributed by atoms with Crippen LogP contribution in [0.25, 0.3) is 0 Å². The number of nitrogens with zero attached hydrogens (tertiary/aromatic N) is 5. The Bertz CT molecular complexity index is 797. The quantitative estimate of drug-likeness (QED) is 0.574. The van der Waals surface area contributed by atoms with Gasteiger partial charge < -0.3 is 15.1 Å². The fourth-order valence-corrected chi connectivity index (χ4v) is 4.59. The summed E-state index contributed by atoms with van der Waals surface area (Å²) in [7, 11) is 1.88. The molecule has 2 unspecified atom stereocenters. The van der Waals surface area contributed by atoms with Crippen LogP contribution in [0.5, 0.6) is 0 Å². The predicted octanol–water partition coefficient (Wildman–Crippen LogP) is 3.12. The van der Waals surface area contributed by atoms with Gasteiger partial charge in [0.15, 0.2) is 5.96 Å². The molecule has 1 aliphatic carbocycles. The molecule has 4 rings (SSSR count). The highest BCUT2D eigenvalue weighted by Gasteiger charge is 2.39. The fourth-order valence-electron chi connectivity index (χ4n) is 3.52. The first-order valence-corrected chi connectivity index (χ1v) is 11.1. The van der Waals surface area contributed by atoms with E-state index >= 15 is 0 Å². The lowest BCUT2D eigenvalue weighted by molar-refractivity contribution is 0.372. The number of benzene rings is 1. The first-order valence-electron chi connectivity index (χ1n) is 9.49.